The van der Waals surface area contributed by atoms with Crippen LogP contribution in [0.25, 0.3) is 28.1 Å². The van der Waals surface area contributed by atoms with Crippen LogP contribution in [0.5, 0.6) is 5.75 Å². The summed E-state index contributed by atoms with van der Waals surface area (Å²) in [4.78, 5) is 4.86. The fraction of sp³-hybridized carbons (Fsp3) is 0.0952. The van der Waals surface area contributed by atoms with E-state index in [9.17, 15) is 0 Å². The van der Waals surface area contributed by atoms with E-state index in [0.29, 0.717) is 0 Å². The van der Waals surface area contributed by atoms with Crippen LogP contribution in [0, 0.1) is 6.92 Å². The molecule has 1 heterocycles. The first-order valence-corrected chi connectivity index (χ1v) is 7.95. The zero-order chi connectivity index (χ0) is 16.5. The van der Waals surface area contributed by atoms with Crippen molar-refractivity contribution in [1.82, 2.24) is 9.55 Å². The maximum atomic E-state index is 5.26. The Hall–Kier alpha value is -3.07. The fourth-order valence-electron chi connectivity index (χ4n) is 2.91. The van der Waals surface area contributed by atoms with E-state index in [1.807, 2.05) is 42.5 Å². The minimum Gasteiger partial charge on any atom is -0.497 e. The zero-order valence-corrected chi connectivity index (χ0v) is 13.7. The molecule has 0 aliphatic rings. The molecule has 24 heavy (non-hydrogen) atoms. The van der Waals surface area contributed by atoms with Gasteiger partial charge in [0.15, 0.2) is 0 Å². The molecule has 0 spiro atoms. The highest BCUT2D eigenvalue weighted by molar-refractivity contribution is 5.83. The topological polar surface area (TPSA) is 27.1 Å². The van der Waals surface area contributed by atoms with Crippen molar-refractivity contribution in [3.05, 3.63) is 78.4 Å². The van der Waals surface area contributed by atoms with Gasteiger partial charge in [-0.15, -0.1) is 0 Å². The van der Waals surface area contributed by atoms with Crippen molar-refractivity contribution >= 4 is 11.0 Å². The van der Waals surface area contributed by atoms with E-state index < -0.39 is 0 Å². The fourth-order valence-corrected chi connectivity index (χ4v) is 2.91. The lowest BCUT2D eigenvalue weighted by Crippen LogP contribution is -1.97. The summed E-state index contributed by atoms with van der Waals surface area (Å²) in [5.74, 6) is 1.78. The van der Waals surface area contributed by atoms with Crippen LogP contribution in [0.3, 0.4) is 0 Å². The molecule has 0 radical (unpaired) electrons. The van der Waals surface area contributed by atoms with Gasteiger partial charge >= 0.3 is 0 Å². The van der Waals surface area contributed by atoms with E-state index in [0.717, 1.165) is 33.9 Å². The average Bonchev–Trinajstić information content (AvgIpc) is 3.02. The number of methoxy groups -OCH3 is 1. The monoisotopic (exact) mass is 314 g/mol. The third-order valence-electron chi connectivity index (χ3n) is 4.20. The first-order chi connectivity index (χ1) is 11.8. The minimum atomic E-state index is 0.844. The second kappa shape index (κ2) is 5.85. The van der Waals surface area contributed by atoms with Gasteiger partial charge in [0.1, 0.15) is 11.6 Å². The molecule has 0 bridgehead atoms. The van der Waals surface area contributed by atoms with E-state index in [4.69, 9.17) is 9.72 Å². The van der Waals surface area contributed by atoms with E-state index in [1.165, 1.54) is 5.56 Å². The SMILES string of the molecule is COc1ccc(-c2nc3ccccc3n2-c2ccc(C)cc2)cc1. The maximum absolute atomic E-state index is 5.26. The number of ether oxygens (including phenoxy) is 1. The highest BCUT2D eigenvalue weighted by atomic mass is 16.5. The Morgan fingerprint density at radius 3 is 2.25 bits per heavy atom. The van der Waals surface area contributed by atoms with E-state index in [-0.39, 0.29) is 0 Å². The number of rotatable bonds is 3. The number of hydrogen-bond donors (Lipinski definition) is 0. The third kappa shape index (κ3) is 2.44. The van der Waals surface area contributed by atoms with Crippen LogP contribution in [0.4, 0.5) is 0 Å². The van der Waals surface area contributed by atoms with Crippen molar-refractivity contribution in [2.75, 3.05) is 7.11 Å². The van der Waals surface area contributed by atoms with E-state index in [1.54, 1.807) is 7.11 Å². The van der Waals surface area contributed by atoms with Gasteiger partial charge in [-0.25, -0.2) is 4.98 Å². The number of aryl methyl sites for hydroxylation is 1. The summed E-state index contributed by atoms with van der Waals surface area (Å²) in [5, 5.41) is 0. The molecule has 0 unspecified atom stereocenters. The molecule has 0 saturated carbocycles. The summed E-state index contributed by atoms with van der Waals surface area (Å²) in [6.07, 6.45) is 0. The molecule has 4 rings (SSSR count). The first-order valence-electron chi connectivity index (χ1n) is 7.95. The minimum absolute atomic E-state index is 0.844. The standard InChI is InChI=1S/C21H18N2O/c1-15-7-11-17(12-8-15)23-20-6-4-3-5-19(20)22-21(23)16-9-13-18(24-2)14-10-16/h3-14H,1-2H3. The lowest BCUT2D eigenvalue weighted by molar-refractivity contribution is 0.415. The Morgan fingerprint density at radius 1 is 0.833 bits per heavy atom. The predicted molar refractivity (Wildman–Crippen MR) is 97.8 cm³/mol. The van der Waals surface area contributed by atoms with Crippen molar-refractivity contribution in [2.24, 2.45) is 0 Å². The van der Waals surface area contributed by atoms with Crippen LogP contribution in [0.1, 0.15) is 5.56 Å². The first kappa shape index (κ1) is 14.5. The van der Waals surface area contributed by atoms with E-state index in [2.05, 4.69) is 41.8 Å². The summed E-state index contributed by atoms with van der Waals surface area (Å²) >= 11 is 0. The van der Waals surface area contributed by atoms with Crippen LogP contribution in [0.2, 0.25) is 0 Å². The molecule has 0 saturated heterocycles. The molecule has 0 N–H and O–H groups in total. The van der Waals surface area contributed by atoms with Gasteiger partial charge in [0.25, 0.3) is 0 Å². The van der Waals surface area contributed by atoms with E-state index >= 15 is 0 Å². The number of para-hydroxylation sites is 2. The smallest absolute Gasteiger partial charge is 0.145 e. The van der Waals surface area contributed by atoms with Crippen molar-refractivity contribution in [1.29, 1.82) is 0 Å². The molecule has 3 aromatic carbocycles. The van der Waals surface area contributed by atoms with Crippen LogP contribution >= 0.6 is 0 Å². The van der Waals surface area contributed by atoms with Crippen LogP contribution in [-0.4, -0.2) is 16.7 Å². The summed E-state index contributed by atoms with van der Waals surface area (Å²) in [6, 6.07) is 24.8. The number of benzene rings is 3. The van der Waals surface area contributed by atoms with Gasteiger partial charge in [0.05, 0.1) is 18.1 Å². The lowest BCUT2D eigenvalue weighted by atomic mass is 10.2. The highest BCUT2D eigenvalue weighted by Gasteiger charge is 2.13. The average molecular weight is 314 g/mol. The molecule has 0 aliphatic heterocycles. The molecular formula is C21H18N2O. The number of hydrogen-bond acceptors (Lipinski definition) is 2. The molecule has 118 valence electrons. The quantitative estimate of drug-likeness (QED) is 0.531. The van der Waals surface area contributed by atoms with Crippen molar-refractivity contribution in [3.63, 3.8) is 0 Å². The Labute approximate surface area is 141 Å². The van der Waals surface area contributed by atoms with Gasteiger partial charge < -0.3 is 4.74 Å². The summed E-state index contributed by atoms with van der Waals surface area (Å²) in [6.45, 7) is 2.10. The van der Waals surface area contributed by atoms with Gasteiger partial charge in [-0.1, -0.05) is 29.8 Å². The maximum Gasteiger partial charge on any atom is 0.145 e. The zero-order valence-electron chi connectivity index (χ0n) is 13.7. The second-order valence-corrected chi connectivity index (χ2v) is 5.82. The molecule has 0 atom stereocenters. The molecular weight excluding hydrogens is 296 g/mol. The van der Waals surface area contributed by atoms with Gasteiger partial charge in [-0.05, 0) is 55.5 Å². The molecule has 0 aliphatic carbocycles. The largest absolute Gasteiger partial charge is 0.497 e. The molecule has 3 nitrogen and oxygen atoms in total. The summed E-state index contributed by atoms with van der Waals surface area (Å²) < 4.78 is 7.47. The van der Waals surface area contributed by atoms with Crippen molar-refractivity contribution in [2.45, 2.75) is 6.92 Å². The summed E-state index contributed by atoms with van der Waals surface area (Å²) in [5.41, 5.74) is 5.51. The Kier molecular flexibility index (Phi) is 3.54. The van der Waals surface area contributed by atoms with Gasteiger partial charge in [-0.3, -0.25) is 4.57 Å². The van der Waals surface area contributed by atoms with Gasteiger partial charge in [0.2, 0.25) is 0 Å². The molecule has 1 aromatic heterocycles. The molecule has 0 amide bonds. The van der Waals surface area contributed by atoms with Gasteiger partial charge in [-0.2, -0.15) is 0 Å². The van der Waals surface area contributed by atoms with Crippen LogP contribution < -0.4 is 4.74 Å². The molecule has 4 aromatic rings. The number of aromatic nitrogens is 2. The van der Waals surface area contributed by atoms with Gasteiger partial charge in [0, 0.05) is 11.3 Å². The van der Waals surface area contributed by atoms with Crippen molar-refractivity contribution in [3.8, 4) is 22.8 Å². The highest BCUT2D eigenvalue weighted by Crippen LogP contribution is 2.29. The molecule has 3 heteroatoms. The normalized spacial score (nSPS) is 10.9. The third-order valence-corrected chi connectivity index (χ3v) is 4.20. The Bertz CT molecular complexity index is 983. The number of imidazole rings is 1. The number of nitrogens with zero attached hydrogens (tertiary/aromatic N) is 2. The summed E-state index contributed by atoms with van der Waals surface area (Å²) in [7, 11) is 1.68. The predicted octanol–water partition coefficient (Wildman–Crippen LogP) is 5.01. The Balaban J connectivity index is 1.97. The van der Waals surface area contributed by atoms with Crippen LogP contribution in [0.15, 0.2) is 72.8 Å². The second-order valence-electron chi connectivity index (χ2n) is 5.82. The molecule has 0 fully saturated rings. The Morgan fingerprint density at radius 2 is 1.54 bits per heavy atom. The number of fused-ring (bicyclic) bond motifs is 1. The van der Waals surface area contributed by atoms with Crippen LogP contribution in [-0.2, 0) is 0 Å². The lowest BCUT2D eigenvalue weighted by Gasteiger charge is -2.10. The van der Waals surface area contributed by atoms with Crippen molar-refractivity contribution < 1.29 is 4.74 Å².